The van der Waals surface area contributed by atoms with E-state index < -0.39 is 10.0 Å². The topological polar surface area (TPSA) is 88.2 Å². The van der Waals surface area contributed by atoms with E-state index in [1.807, 2.05) is 32.9 Å². The first kappa shape index (κ1) is 19.3. The van der Waals surface area contributed by atoms with Crippen molar-refractivity contribution in [2.75, 3.05) is 10.0 Å². The Balaban J connectivity index is 1.96. The summed E-state index contributed by atoms with van der Waals surface area (Å²) in [4.78, 5) is 15.8. The normalized spacial score (nSPS) is 12.1. The number of nitrogens with zero attached hydrogens (tertiary/aromatic N) is 1. The number of hydrogen-bond donors (Lipinski definition) is 2. The van der Waals surface area contributed by atoms with Gasteiger partial charge in [0.1, 0.15) is 0 Å². The second-order valence-electron chi connectivity index (χ2n) is 7.23. The number of benzene rings is 2. The van der Waals surface area contributed by atoms with E-state index in [-0.39, 0.29) is 21.3 Å². The molecule has 1 aromatic heterocycles. The van der Waals surface area contributed by atoms with Crippen molar-refractivity contribution in [2.45, 2.75) is 38.0 Å². The summed E-state index contributed by atoms with van der Waals surface area (Å²) >= 11 is 1.22. The van der Waals surface area contributed by atoms with Gasteiger partial charge in [0.2, 0.25) is 5.91 Å². The Bertz CT molecular complexity index is 1110. The first-order valence-electron chi connectivity index (χ1n) is 8.37. The molecule has 3 rings (SSSR count). The highest BCUT2D eigenvalue weighted by Gasteiger charge is 2.26. The lowest BCUT2D eigenvalue weighted by Gasteiger charge is -2.22. The van der Waals surface area contributed by atoms with Crippen molar-refractivity contribution in [3.63, 3.8) is 0 Å². The lowest BCUT2D eigenvalue weighted by Crippen LogP contribution is -2.20. The van der Waals surface area contributed by atoms with Crippen LogP contribution >= 0.6 is 11.3 Å². The lowest BCUT2D eigenvalue weighted by atomic mass is 9.87. The summed E-state index contributed by atoms with van der Waals surface area (Å²) in [5.41, 5.74) is 1.74. The summed E-state index contributed by atoms with van der Waals surface area (Å²) in [5.74, 6) is -0.168. The van der Waals surface area contributed by atoms with E-state index in [4.69, 9.17) is 0 Å². The molecule has 1 heterocycles. The van der Waals surface area contributed by atoms with Gasteiger partial charge in [0.15, 0.2) is 5.13 Å². The number of nitrogens with one attached hydrogen (secondary N) is 2. The Labute approximate surface area is 162 Å². The Morgan fingerprint density at radius 1 is 1.11 bits per heavy atom. The molecular weight excluding hydrogens is 382 g/mol. The van der Waals surface area contributed by atoms with Crippen molar-refractivity contribution in [2.24, 2.45) is 0 Å². The van der Waals surface area contributed by atoms with Gasteiger partial charge in [-0.15, -0.1) is 0 Å². The smallest absolute Gasteiger partial charge is 0.263 e. The van der Waals surface area contributed by atoms with Gasteiger partial charge in [-0.25, -0.2) is 13.4 Å². The van der Waals surface area contributed by atoms with Gasteiger partial charge >= 0.3 is 0 Å². The minimum atomic E-state index is -3.78. The second kappa shape index (κ2) is 6.94. The van der Waals surface area contributed by atoms with Gasteiger partial charge in [-0.2, -0.15) is 0 Å². The Kier molecular flexibility index (Phi) is 4.96. The van der Waals surface area contributed by atoms with Gasteiger partial charge in [0, 0.05) is 12.6 Å². The standard InChI is InChI=1S/C19H21N3O3S2/c1-12(23)20-13-9-10-15-16(11-13)26-18(21-15)22-27(24,25)17-8-6-5-7-14(17)19(2,3)4/h5-11H,1-4H3,(H,20,23)(H,21,22). The van der Waals surface area contributed by atoms with E-state index in [9.17, 15) is 13.2 Å². The molecule has 0 radical (unpaired) electrons. The van der Waals surface area contributed by atoms with Gasteiger partial charge < -0.3 is 5.32 Å². The number of sulfonamides is 1. The predicted octanol–water partition coefficient (Wildman–Crippen LogP) is 4.35. The maximum atomic E-state index is 13.0. The van der Waals surface area contributed by atoms with Gasteiger partial charge in [0.25, 0.3) is 10.0 Å². The average Bonchev–Trinajstić information content (AvgIpc) is 2.94. The molecule has 27 heavy (non-hydrogen) atoms. The highest BCUT2D eigenvalue weighted by Crippen LogP contribution is 2.33. The molecule has 0 spiro atoms. The lowest BCUT2D eigenvalue weighted by molar-refractivity contribution is -0.114. The number of carbonyl (C=O) groups excluding carboxylic acids is 1. The molecule has 6 nitrogen and oxygen atoms in total. The molecule has 2 aromatic carbocycles. The van der Waals surface area contributed by atoms with E-state index >= 15 is 0 Å². The van der Waals surface area contributed by atoms with Crippen LogP contribution in [0.15, 0.2) is 47.4 Å². The van der Waals surface area contributed by atoms with Gasteiger partial charge in [-0.05, 0) is 35.2 Å². The third-order valence-electron chi connectivity index (χ3n) is 3.92. The van der Waals surface area contributed by atoms with E-state index in [1.165, 1.54) is 18.3 Å². The van der Waals surface area contributed by atoms with Crippen molar-refractivity contribution >= 4 is 48.3 Å². The molecule has 0 aliphatic carbocycles. The molecule has 0 atom stereocenters. The minimum absolute atomic E-state index is 0.168. The Morgan fingerprint density at radius 3 is 2.48 bits per heavy atom. The fourth-order valence-electron chi connectivity index (χ4n) is 2.74. The number of carbonyl (C=O) groups is 1. The van der Waals surface area contributed by atoms with Crippen molar-refractivity contribution in [1.82, 2.24) is 4.98 Å². The van der Waals surface area contributed by atoms with Crippen LogP contribution in [0.25, 0.3) is 10.2 Å². The first-order valence-corrected chi connectivity index (χ1v) is 10.7. The van der Waals surface area contributed by atoms with E-state index in [2.05, 4.69) is 15.0 Å². The summed E-state index contributed by atoms with van der Waals surface area (Å²) in [5, 5.41) is 2.99. The molecule has 0 aliphatic heterocycles. The van der Waals surface area contributed by atoms with Crippen molar-refractivity contribution < 1.29 is 13.2 Å². The minimum Gasteiger partial charge on any atom is -0.326 e. The van der Waals surface area contributed by atoms with Crippen LogP contribution in [-0.2, 0) is 20.2 Å². The van der Waals surface area contributed by atoms with Crippen molar-refractivity contribution in [3.05, 3.63) is 48.0 Å². The number of anilines is 2. The highest BCUT2D eigenvalue weighted by molar-refractivity contribution is 7.93. The van der Waals surface area contributed by atoms with Crippen LogP contribution in [-0.4, -0.2) is 19.3 Å². The van der Waals surface area contributed by atoms with E-state index in [1.54, 1.807) is 30.3 Å². The fourth-order valence-corrected chi connectivity index (χ4v) is 5.30. The molecule has 0 saturated carbocycles. The molecule has 142 valence electrons. The number of aromatic nitrogens is 1. The Hall–Kier alpha value is -2.45. The summed E-state index contributed by atoms with van der Waals surface area (Å²) in [6.07, 6.45) is 0. The van der Waals surface area contributed by atoms with Crippen LogP contribution in [0.5, 0.6) is 0 Å². The van der Waals surface area contributed by atoms with E-state index in [0.717, 1.165) is 10.3 Å². The molecule has 8 heteroatoms. The number of amides is 1. The molecule has 0 unspecified atom stereocenters. The molecule has 0 aliphatic rings. The SMILES string of the molecule is CC(=O)Nc1ccc2nc(NS(=O)(=O)c3ccccc3C(C)(C)C)sc2c1. The molecular formula is C19H21N3O3S2. The second-order valence-corrected chi connectivity index (χ2v) is 9.92. The number of thiazole rings is 1. The summed E-state index contributed by atoms with van der Waals surface area (Å²) in [7, 11) is -3.78. The first-order chi connectivity index (χ1) is 12.6. The quantitative estimate of drug-likeness (QED) is 0.678. The third-order valence-corrected chi connectivity index (χ3v) is 6.37. The zero-order chi connectivity index (χ0) is 19.8. The van der Waals surface area contributed by atoms with Crippen LogP contribution < -0.4 is 10.0 Å². The molecule has 0 saturated heterocycles. The van der Waals surface area contributed by atoms with Crippen LogP contribution in [0.4, 0.5) is 10.8 Å². The maximum absolute atomic E-state index is 13.0. The zero-order valence-corrected chi connectivity index (χ0v) is 17.2. The summed E-state index contributed by atoms with van der Waals surface area (Å²) < 4.78 is 29.3. The van der Waals surface area contributed by atoms with Crippen molar-refractivity contribution in [3.8, 4) is 0 Å². The maximum Gasteiger partial charge on any atom is 0.263 e. The van der Waals surface area contributed by atoms with Gasteiger partial charge in [-0.3, -0.25) is 9.52 Å². The predicted molar refractivity (Wildman–Crippen MR) is 110 cm³/mol. The van der Waals surface area contributed by atoms with Crippen molar-refractivity contribution in [1.29, 1.82) is 0 Å². The number of fused-ring (bicyclic) bond motifs is 1. The Morgan fingerprint density at radius 2 is 1.81 bits per heavy atom. The summed E-state index contributed by atoms with van der Waals surface area (Å²) in [6, 6.07) is 12.2. The zero-order valence-electron chi connectivity index (χ0n) is 15.5. The summed E-state index contributed by atoms with van der Waals surface area (Å²) in [6.45, 7) is 7.36. The molecule has 3 aromatic rings. The van der Waals surface area contributed by atoms with Crippen LogP contribution in [0.1, 0.15) is 33.3 Å². The van der Waals surface area contributed by atoms with Gasteiger partial charge in [-0.1, -0.05) is 50.3 Å². The van der Waals surface area contributed by atoms with Crippen LogP contribution in [0.2, 0.25) is 0 Å². The number of hydrogen-bond acceptors (Lipinski definition) is 5. The molecule has 0 fully saturated rings. The molecule has 1 amide bonds. The highest BCUT2D eigenvalue weighted by atomic mass is 32.2. The van der Waals surface area contributed by atoms with E-state index in [0.29, 0.717) is 11.2 Å². The fraction of sp³-hybridized carbons (Fsp3) is 0.263. The molecule has 0 bridgehead atoms. The van der Waals surface area contributed by atoms with Gasteiger partial charge in [0.05, 0.1) is 15.1 Å². The number of rotatable bonds is 4. The monoisotopic (exact) mass is 403 g/mol. The van der Waals surface area contributed by atoms with Crippen LogP contribution in [0.3, 0.4) is 0 Å². The third kappa shape index (κ3) is 4.28. The largest absolute Gasteiger partial charge is 0.326 e. The average molecular weight is 404 g/mol. The molecule has 2 N–H and O–H groups in total. The van der Waals surface area contributed by atoms with Crippen LogP contribution in [0, 0.1) is 0 Å².